The molecular formula is C9H17NO2. The Balaban J connectivity index is 3.68. The fraction of sp³-hybridized carbons (Fsp3) is 0.667. The van der Waals surface area contributed by atoms with E-state index in [0.29, 0.717) is 5.76 Å². The van der Waals surface area contributed by atoms with E-state index in [2.05, 4.69) is 11.9 Å². The molecule has 0 aliphatic heterocycles. The third-order valence-electron chi connectivity index (χ3n) is 0.964. The van der Waals surface area contributed by atoms with Crippen molar-refractivity contribution in [2.75, 3.05) is 6.61 Å². The summed E-state index contributed by atoms with van der Waals surface area (Å²) in [6.07, 6.45) is 0. The molecule has 0 aliphatic carbocycles. The van der Waals surface area contributed by atoms with E-state index in [4.69, 9.17) is 4.74 Å². The van der Waals surface area contributed by atoms with E-state index in [0.717, 1.165) is 0 Å². The van der Waals surface area contributed by atoms with Gasteiger partial charge in [-0.1, -0.05) is 6.58 Å². The van der Waals surface area contributed by atoms with Gasteiger partial charge in [0.05, 0.1) is 5.76 Å². The topological polar surface area (TPSA) is 38.3 Å². The molecule has 70 valence electrons. The second-order valence-electron chi connectivity index (χ2n) is 3.79. The van der Waals surface area contributed by atoms with Crippen LogP contribution < -0.4 is 5.32 Å². The highest BCUT2D eigenvalue weighted by Gasteiger charge is 2.13. The maximum Gasteiger partial charge on any atom is 0.258 e. The second kappa shape index (κ2) is 4.14. The Morgan fingerprint density at radius 1 is 1.50 bits per heavy atom. The molecule has 0 radical (unpaired) electrons. The van der Waals surface area contributed by atoms with Gasteiger partial charge in [0.25, 0.3) is 5.91 Å². The summed E-state index contributed by atoms with van der Waals surface area (Å²) in [5.41, 5.74) is -0.199. The number of amides is 1. The molecule has 0 saturated carbocycles. The first-order valence-electron chi connectivity index (χ1n) is 3.90. The minimum absolute atomic E-state index is 0.0482. The lowest BCUT2D eigenvalue weighted by Crippen LogP contribution is -2.42. The quantitative estimate of drug-likeness (QED) is 0.653. The molecule has 0 aromatic carbocycles. The van der Waals surface area contributed by atoms with Gasteiger partial charge in [-0.2, -0.15) is 0 Å². The van der Waals surface area contributed by atoms with Gasteiger partial charge in [-0.3, -0.25) is 4.79 Å². The number of rotatable bonds is 3. The van der Waals surface area contributed by atoms with Crippen molar-refractivity contribution in [2.45, 2.75) is 33.2 Å². The van der Waals surface area contributed by atoms with Gasteiger partial charge in [-0.15, -0.1) is 0 Å². The third kappa shape index (κ3) is 7.12. The number of carbonyl (C=O) groups excluding carboxylic acids is 1. The lowest BCUT2D eigenvalue weighted by Gasteiger charge is -2.20. The molecule has 12 heavy (non-hydrogen) atoms. The van der Waals surface area contributed by atoms with Gasteiger partial charge < -0.3 is 10.1 Å². The minimum Gasteiger partial charge on any atom is -0.489 e. The van der Waals surface area contributed by atoms with Crippen LogP contribution >= 0.6 is 0 Å². The van der Waals surface area contributed by atoms with Crippen molar-refractivity contribution in [3.8, 4) is 0 Å². The monoisotopic (exact) mass is 171 g/mol. The number of nitrogens with one attached hydrogen (secondary N) is 1. The Bertz CT molecular complexity index is 179. The van der Waals surface area contributed by atoms with Crippen LogP contribution in [-0.2, 0) is 9.53 Å². The summed E-state index contributed by atoms with van der Waals surface area (Å²) in [7, 11) is 0. The molecule has 0 saturated heterocycles. The van der Waals surface area contributed by atoms with Crippen molar-refractivity contribution in [3.05, 3.63) is 12.3 Å². The Labute approximate surface area is 73.8 Å². The molecule has 1 amide bonds. The molecule has 0 spiro atoms. The third-order valence-corrected chi connectivity index (χ3v) is 0.964. The first-order chi connectivity index (χ1) is 5.31. The van der Waals surface area contributed by atoms with Crippen LogP contribution in [0.15, 0.2) is 12.3 Å². The Hall–Kier alpha value is -0.990. The maximum atomic E-state index is 11.1. The maximum absolute atomic E-state index is 11.1. The summed E-state index contributed by atoms with van der Waals surface area (Å²) in [6.45, 7) is 11.0. The normalized spacial score (nSPS) is 10.7. The highest BCUT2D eigenvalue weighted by Crippen LogP contribution is 1.98. The van der Waals surface area contributed by atoms with E-state index >= 15 is 0 Å². The molecule has 3 nitrogen and oxygen atoms in total. The van der Waals surface area contributed by atoms with Gasteiger partial charge in [0, 0.05) is 5.54 Å². The fourth-order valence-corrected chi connectivity index (χ4v) is 0.643. The standard InChI is InChI=1S/C9H17NO2/c1-7(2)12-6-8(11)10-9(3,4)5/h1,6H2,2-5H3,(H,10,11). The van der Waals surface area contributed by atoms with E-state index in [9.17, 15) is 4.79 Å². The number of ether oxygens (including phenoxy) is 1. The zero-order valence-corrected chi connectivity index (χ0v) is 8.23. The molecule has 0 fully saturated rings. The van der Waals surface area contributed by atoms with E-state index in [-0.39, 0.29) is 18.1 Å². The molecule has 0 rings (SSSR count). The summed E-state index contributed by atoms with van der Waals surface area (Å²) >= 11 is 0. The number of carbonyl (C=O) groups is 1. The number of allylic oxidation sites excluding steroid dienone is 1. The van der Waals surface area contributed by atoms with Crippen LogP contribution in [0.4, 0.5) is 0 Å². The largest absolute Gasteiger partial charge is 0.489 e. The molecule has 0 heterocycles. The summed E-state index contributed by atoms with van der Waals surface area (Å²) in [6, 6.07) is 0. The minimum atomic E-state index is -0.199. The summed E-state index contributed by atoms with van der Waals surface area (Å²) in [4.78, 5) is 11.1. The van der Waals surface area contributed by atoms with Crippen LogP contribution in [0.5, 0.6) is 0 Å². The molecular weight excluding hydrogens is 154 g/mol. The molecule has 0 unspecified atom stereocenters. The highest BCUT2D eigenvalue weighted by molar-refractivity contribution is 5.77. The van der Waals surface area contributed by atoms with Crippen LogP contribution in [0.3, 0.4) is 0 Å². The van der Waals surface area contributed by atoms with Crippen molar-refractivity contribution in [3.63, 3.8) is 0 Å². The lowest BCUT2D eigenvalue weighted by atomic mass is 10.1. The van der Waals surface area contributed by atoms with Crippen molar-refractivity contribution in [1.82, 2.24) is 5.32 Å². The average Bonchev–Trinajstić information content (AvgIpc) is 1.79. The van der Waals surface area contributed by atoms with Crippen LogP contribution in [0.1, 0.15) is 27.7 Å². The van der Waals surface area contributed by atoms with Crippen molar-refractivity contribution in [1.29, 1.82) is 0 Å². The first-order valence-corrected chi connectivity index (χ1v) is 3.90. The van der Waals surface area contributed by atoms with Crippen LogP contribution in [0.2, 0.25) is 0 Å². The van der Waals surface area contributed by atoms with Crippen molar-refractivity contribution < 1.29 is 9.53 Å². The Morgan fingerprint density at radius 2 is 2.00 bits per heavy atom. The first kappa shape index (κ1) is 11.0. The molecule has 0 aromatic rings. The van der Waals surface area contributed by atoms with Crippen molar-refractivity contribution >= 4 is 5.91 Å². The highest BCUT2D eigenvalue weighted by atomic mass is 16.5. The number of hydrogen-bond donors (Lipinski definition) is 1. The number of hydrogen-bond acceptors (Lipinski definition) is 2. The van der Waals surface area contributed by atoms with Gasteiger partial charge in [0.1, 0.15) is 0 Å². The average molecular weight is 171 g/mol. The predicted octanol–water partition coefficient (Wildman–Crippen LogP) is 1.45. The Kier molecular flexibility index (Phi) is 3.80. The van der Waals surface area contributed by atoms with Crippen LogP contribution in [0.25, 0.3) is 0 Å². The van der Waals surface area contributed by atoms with E-state index in [1.54, 1.807) is 6.92 Å². The molecule has 0 aromatic heterocycles. The second-order valence-corrected chi connectivity index (χ2v) is 3.79. The van der Waals surface area contributed by atoms with Gasteiger partial charge in [-0.25, -0.2) is 0 Å². The zero-order chi connectivity index (χ0) is 9.78. The molecule has 1 N–H and O–H groups in total. The summed E-state index contributed by atoms with van der Waals surface area (Å²) in [5.74, 6) is 0.435. The van der Waals surface area contributed by atoms with Gasteiger partial charge >= 0.3 is 0 Å². The van der Waals surface area contributed by atoms with E-state index in [1.807, 2.05) is 20.8 Å². The predicted molar refractivity (Wildman–Crippen MR) is 48.7 cm³/mol. The SMILES string of the molecule is C=C(C)OCC(=O)NC(C)(C)C. The van der Waals surface area contributed by atoms with Crippen LogP contribution in [-0.4, -0.2) is 18.1 Å². The fourth-order valence-electron chi connectivity index (χ4n) is 0.643. The van der Waals surface area contributed by atoms with Gasteiger partial charge in [-0.05, 0) is 27.7 Å². The lowest BCUT2D eigenvalue weighted by molar-refractivity contribution is -0.125. The van der Waals surface area contributed by atoms with E-state index < -0.39 is 0 Å². The Morgan fingerprint density at radius 3 is 2.33 bits per heavy atom. The zero-order valence-electron chi connectivity index (χ0n) is 8.23. The summed E-state index contributed by atoms with van der Waals surface area (Å²) in [5, 5.41) is 2.77. The van der Waals surface area contributed by atoms with Gasteiger partial charge in [0.2, 0.25) is 0 Å². The molecule has 0 atom stereocenters. The molecule has 0 aliphatic rings. The van der Waals surface area contributed by atoms with Crippen molar-refractivity contribution in [2.24, 2.45) is 0 Å². The van der Waals surface area contributed by atoms with E-state index in [1.165, 1.54) is 0 Å². The van der Waals surface area contributed by atoms with Crippen LogP contribution in [0, 0.1) is 0 Å². The van der Waals surface area contributed by atoms with Gasteiger partial charge in [0.15, 0.2) is 6.61 Å². The summed E-state index contributed by atoms with van der Waals surface area (Å²) < 4.78 is 4.94. The smallest absolute Gasteiger partial charge is 0.258 e. The molecule has 3 heteroatoms. The molecule has 0 bridgehead atoms.